The van der Waals surface area contributed by atoms with Gasteiger partial charge in [0.1, 0.15) is 0 Å². The molecule has 9 heteroatoms. The van der Waals surface area contributed by atoms with Crippen LogP contribution in [-0.4, -0.2) is 26.3 Å². The fourth-order valence-corrected chi connectivity index (χ4v) is 3.45. The smallest absolute Gasteiger partial charge is 0.291 e. The Balaban J connectivity index is 1.68. The highest BCUT2D eigenvalue weighted by Gasteiger charge is 2.39. The number of rotatable bonds is 5. The molecule has 1 atom stereocenters. The van der Waals surface area contributed by atoms with Crippen LogP contribution in [0.4, 0.5) is 16.2 Å². The molecule has 1 saturated heterocycles. The van der Waals surface area contributed by atoms with E-state index in [0.717, 1.165) is 26.8 Å². The van der Waals surface area contributed by atoms with Crippen LogP contribution in [0.5, 0.6) is 0 Å². The number of thioether (sulfide) groups is 1. The third-order valence-electron chi connectivity index (χ3n) is 3.56. The van der Waals surface area contributed by atoms with Crippen LogP contribution in [0, 0.1) is 10.1 Å². The zero-order chi connectivity index (χ0) is 18.0. The molecule has 3 rings (SSSR count). The molecule has 0 unspecified atom stereocenters. The van der Waals surface area contributed by atoms with E-state index in [0.29, 0.717) is 5.56 Å². The van der Waals surface area contributed by atoms with Gasteiger partial charge in [0.15, 0.2) is 5.37 Å². The number of nitrogens with zero attached hydrogens (tertiary/aromatic N) is 2. The van der Waals surface area contributed by atoms with Crippen LogP contribution in [0.25, 0.3) is 0 Å². The van der Waals surface area contributed by atoms with Crippen LogP contribution in [0.1, 0.15) is 5.56 Å². The van der Waals surface area contributed by atoms with E-state index in [9.17, 15) is 19.7 Å². The van der Waals surface area contributed by atoms with Crippen molar-refractivity contribution in [1.29, 1.82) is 0 Å². The van der Waals surface area contributed by atoms with Crippen molar-refractivity contribution in [3.05, 3.63) is 68.7 Å². The largest absolute Gasteiger partial charge is 0.365 e. The summed E-state index contributed by atoms with van der Waals surface area (Å²) in [5.41, 5.74) is 1.35. The molecule has 2 amide bonds. The topological polar surface area (TPSA) is 92.6 Å². The molecule has 2 aromatic carbocycles. The van der Waals surface area contributed by atoms with Crippen molar-refractivity contribution in [2.24, 2.45) is 0 Å². The van der Waals surface area contributed by atoms with Crippen LogP contribution >= 0.6 is 27.7 Å². The first-order chi connectivity index (χ1) is 11.9. The van der Waals surface area contributed by atoms with Gasteiger partial charge in [-0.1, -0.05) is 28.1 Å². The zero-order valence-corrected chi connectivity index (χ0v) is 15.1. The van der Waals surface area contributed by atoms with Crippen LogP contribution < -0.4 is 5.32 Å². The first-order valence-corrected chi connectivity index (χ1v) is 8.89. The molecule has 0 saturated carbocycles. The Labute approximate surface area is 155 Å². The summed E-state index contributed by atoms with van der Waals surface area (Å²) in [6.07, 6.45) is 0. The number of imide groups is 1. The highest BCUT2D eigenvalue weighted by molar-refractivity contribution is 9.10. The van der Waals surface area contributed by atoms with Crippen LogP contribution in [0.15, 0.2) is 53.0 Å². The van der Waals surface area contributed by atoms with E-state index in [-0.39, 0.29) is 23.4 Å². The second-order valence-corrected chi connectivity index (χ2v) is 7.23. The maximum atomic E-state index is 12.5. The van der Waals surface area contributed by atoms with Gasteiger partial charge in [0.2, 0.25) is 0 Å². The summed E-state index contributed by atoms with van der Waals surface area (Å²) in [4.78, 5) is 35.9. The molecule has 1 fully saturated rings. The highest BCUT2D eigenvalue weighted by Crippen LogP contribution is 2.30. The molecular weight excluding hydrogens is 410 g/mol. The van der Waals surface area contributed by atoms with Crippen molar-refractivity contribution in [1.82, 2.24) is 4.90 Å². The molecule has 0 radical (unpaired) electrons. The number of hydrogen-bond acceptors (Lipinski definition) is 6. The maximum Gasteiger partial charge on any atom is 0.291 e. The lowest BCUT2D eigenvalue weighted by Gasteiger charge is -2.15. The number of carbonyl (C=O) groups excluding carboxylic acids is 2. The molecule has 0 aliphatic carbocycles. The number of nitrogens with one attached hydrogen (secondary N) is 1. The van der Waals surface area contributed by atoms with Gasteiger partial charge in [-0.3, -0.25) is 24.6 Å². The zero-order valence-electron chi connectivity index (χ0n) is 12.7. The fraction of sp³-hybridized carbons (Fsp3) is 0.125. The Bertz CT molecular complexity index is 826. The van der Waals surface area contributed by atoms with E-state index in [1.165, 1.54) is 12.1 Å². The second-order valence-electron chi connectivity index (χ2n) is 5.26. The minimum absolute atomic E-state index is 0.0352. The molecular formula is C16H12BrN3O4S. The molecule has 0 spiro atoms. The number of hydrogen-bond donors (Lipinski definition) is 1. The Morgan fingerprint density at radius 1 is 1.12 bits per heavy atom. The van der Waals surface area contributed by atoms with Gasteiger partial charge in [-0.25, -0.2) is 0 Å². The standard InChI is InChI=1S/C16H12BrN3O4S/c17-11-3-5-12(6-4-11)18-14-15(21)19(16(22)25-14)9-10-1-7-13(8-2-10)20(23)24/h1-8,14,18H,9H2/t14-/m0/s1. The predicted molar refractivity (Wildman–Crippen MR) is 98.2 cm³/mol. The van der Waals surface area contributed by atoms with Gasteiger partial charge in [0.05, 0.1) is 11.5 Å². The lowest BCUT2D eigenvalue weighted by molar-refractivity contribution is -0.384. The molecule has 25 heavy (non-hydrogen) atoms. The summed E-state index contributed by atoms with van der Waals surface area (Å²) in [5, 5.41) is 12.7. The van der Waals surface area contributed by atoms with Crippen molar-refractivity contribution in [2.45, 2.75) is 11.9 Å². The van der Waals surface area contributed by atoms with E-state index < -0.39 is 10.3 Å². The van der Waals surface area contributed by atoms with Gasteiger partial charge in [-0.15, -0.1) is 0 Å². The number of nitro benzene ring substituents is 1. The van der Waals surface area contributed by atoms with Crippen LogP contribution in [-0.2, 0) is 11.3 Å². The third-order valence-corrected chi connectivity index (χ3v) is 5.07. The first kappa shape index (κ1) is 17.4. The molecule has 128 valence electrons. The Kier molecular flexibility index (Phi) is 5.05. The van der Waals surface area contributed by atoms with Gasteiger partial charge < -0.3 is 5.32 Å². The minimum Gasteiger partial charge on any atom is -0.365 e. The van der Waals surface area contributed by atoms with Crippen molar-refractivity contribution >= 4 is 50.2 Å². The van der Waals surface area contributed by atoms with E-state index in [1.54, 1.807) is 24.3 Å². The van der Waals surface area contributed by atoms with Crippen LogP contribution in [0.3, 0.4) is 0 Å². The van der Waals surface area contributed by atoms with E-state index in [2.05, 4.69) is 21.2 Å². The predicted octanol–water partition coefficient (Wildman–Crippen LogP) is 3.99. The van der Waals surface area contributed by atoms with Crippen molar-refractivity contribution in [3.8, 4) is 0 Å². The van der Waals surface area contributed by atoms with Gasteiger partial charge >= 0.3 is 0 Å². The van der Waals surface area contributed by atoms with Gasteiger partial charge in [-0.05, 0) is 41.6 Å². The van der Waals surface area contributed by atoms with E-state index in [4.69, 9.17) is 0 Å². The Morgan fingerprint density at radius 3 is 2.36 bits per heavy atom. The third kappa shape index (κ3) is 3.99. The monoisotopic (exact) mass is 421 g/mol. The van der Waals surface area contributed by atoms with E-state index >= 15 is 0 Å². The molecule has 0 bridgehead atoms. The van der Waals surface area contributed by atoms with Gasteiger partial charge in [-0.2, -0.15) is 0 Å². The van der Waals surface area contributed by atoms with Crippen molar-refractivity contribution in [3.63, 3.8) is 0 Å². The number of carbonyl (C=O) groups is 2. The molecule has 0 aromatic heterocycles. The van der Waals surface area contributed by atoms with Gasteiger partial charge in [0.25, 0.3) is 16.8 Å². The lowest BCUT2D eigenvalue weighted by Crippen LogP contribution is -2.33. The van der Waals surface area contributed by atoms with Gasteiger partial charge in [0, 0.05) is 22.3 Å². The summed E-state index contributed by atoms with van der Waals surface area (Å²) < 4.78 is 0.916. The maximum absolute atomic E-state index is 12.5. The summed E-state index contributed by atoms with van der Waals surface area (Å²) in [5.74, 6) is -0.337. The number of amides is 2. The summed E-state index contributed by atoms with van der Waals surface area (Å²) in [7, 11) is 0. The van der Waals surface area contributed by atoms with E-state index in [1.807, 2.05) is 12.1 Å². The number of nitro groups is 1. The molecule has 1 aliphatic rings. The molecule has 1 N–H and O–H groups in total. The van der Waals surface area contributed by atoms with Crippen LogP contribution in [0.2, 0.25) is 0 Å². The normalized spacial score (nSPS) is 17.0. The second kappa shape index (κ2) is 7.24. The minimum atomic E-state index is -0.688. The summed E-state index contributed by atoms with van der Waals surface area (Å²) >= 11 is 4.25. The Hall–Kier alpha value is -2.39. The first-order valence-electron chi connectivity index (χ1n) is 7.21. The number of benzene rings is 2. The quantitative estimate of drug-likeness (QED) is 0.579. The fourth-order valence-electron chi connectivity index (χ4n) is 2.28. The van der Waals surface area contributed by atoms with Crippen molar-refractivity contribution < 1.29 is 14.5 Å². The number of anilines is 1. The number of non-ortho nitro benzene ring substituents is 1. The van der Waals surface area contributed by atoms with Crippen molar-refractivity contribution in [2.75, 3.05) is 5.32 Å². The molecule has 7 nitrogen and oxygen atoms in total. The number of halogens is 1. The summed E-state index contributed by atoms with van der Waals surface area (Å²) in [6, 6.07) is 13.1. The average molecular weight is 422 g/mol. The SMILES string of the molecule is O=C1S[C@H](Nc2ccc(Br)cc2)C(=O)N1Cc1ccc([N+](=O)[O-])cc1. The molecule has 1 heterocycles. The lowest BCUT2D eigenvalue weighted by atomic mass is 10.2. The molecule has 2 aromatic rings. The highest BCUT2D eigenvalue weighted by atomic mass is 79.9. The molecule has 1 aliphatic heterocycles. The summed E-state index contributed by atoms with van der Waals surface area (Å²) in [6.45, 7) is 0.0845. The average Bonchev–Trinajstić information content (AvgIpc) is 2.85. The Morgan fingerprint density at radius 2 is 1.76 bits per heavy atom.